The van der Waals surface area contributed by atoms with Crippen LogP contribution in [0, 0.1) is 5.82 Å². The monoisotopic (exact) mass is 1980 g/mol. The minimum absolute atomic E-state index is 0.00224. The molecule has 0 amide bonds. The van der Waals surface area contributed by atoms with Crippen LogP contribution in [0.15, 0.2) is 250 Å². The number of aryl methyl sites for hydroxylation is 1. The summed E-state index contributed by atoms with van der Waals surface area (Å²) in [7, 11) is -15.4. The lowest BCUT2D eigenvalue weighted by atomic mass is 10.00. The first-order valence-electron chi connectivity index (χ1n) is 37.2. The lowest BCUT2D eigenvalue weighted by molar-refractivity contribution is -0.138. The van der Waals surface area contributed by atoms with Gasteiger partial charge in [-0.05, 0) is 141 Å². The second-order valence-corrected chi connectivity index (χ2v) is 39.0. The van der Waals surface area contributed by atoms with E-state index in [1.165, 1.54) is 70.7 Å². The number of nitrogens with zero attached hydrogens (tertiary/aromatic N) is 5. The van der Waals surface area contributed by atoms with Gasteiger partial charge in [-0.1, -0.05) is 150 Å². The van der Waals surface area contributed by atoms with E-state index in [1.807, 2.05) is 18.7 Å². The number of benzene rings is 12. The molecule has 1 aromatic heterocycles. The molecule has 0 saturated carbocycles. The molecular weight excluding hydrogens is 1910 g/mol. The Morgan fingerprint density at radius 2 is 0.902 bits per heavy atom. The number of thioether (sulfide) groups is 2. The molecule has 12 aromatic carbocycles. The maximum atomic E-state index is 14.1. The molecule has 0 bridgehead atoms. The third-order valence-electron chi connectivity index (χ3n) is 18.4. The molecule has 1 saturated heterocycles. The van der Waals surface area contributed by atoms with E-state index in [9.17, 15) is 72.9 Å². The Morgan fingerprint density at radius 3 is 1.34 bits per heavy atom. The molecule has 123 heavy (non-hydrogen) atoms. The first kappa shape index (κ1) is 92.5. The molecule has 30 nitrogen and oxygen atoms in total. The summed E-state index contributed by atoms with van der Waals surface area (Å²) in [6.45, 7) is 5.07. The number of aromatic hydroxyl groups is 4. The van der Waals surface area contributed by atoms with Crippen LogP contribution in [0.3, 0.4) is 0 Å². The molecule has 0 aliphatic carbocycles. The number of hydrogen-bond donors (Lipinski definition) is 13. The smallest absolute Gasteiger partial charge is 0.305 e. The lowest BCUT2D eigenvalue weighted by Gasteiger charge is -2.35. The number of aliphatic carboxylic acids is 3. The number of fused-ring (bicyclic) bond motifs is 4. The molecule has 0 radical (unpaired) electrons. The highest BCUT2D eigenvalue weighted by Crippen LogP contribution is 2.45. The molecule has 1 aliphatic rings. The normalized spacial score (nSPS) is 12.5. The van der Waals surface area contributed by atoms with Crippen molar-refractivity contribution in [2.45, 2.75) is 82.3 Å². The summed E-state index contributed by atoms with van der Waals surface area (Å²) in [6.07, 6.45) is 0.225. The maximum Gasteiger partial charge on any atom is 0.305 e. The number of rotatable bonds is 30. The fraction of sp³-hybridized carbons (Fsp3) is 0.181. The van der Waals surface area contributed by atoms with Gasteiger partial charge in [-0.25, -0.2) is 29.6 Å². The number of tetrazole rings is 1. The zero-order chi connectivity index (χ0) is 88.5. The van der Waals surface area contributed by atoms with Gasteiger partial charge in [-0.2, -0.15) is 17.9 Å². The van der Waals surface area contributed by atoms with E-state index in [4.69, 9.17) is 20.1 Å². The number of aromatic nitrogens is 4. The fourth-order valence-corrected chi connectivity index (χ4v) is 19.6. The number of carboxylic acids is 3. The predicted octanol–water partition coefficient (Wildman–Crippen LogP) is 16.9. The maximum absolute atomic E-state index is 14.1. The number of anilines is 6. The van der Waals surface area contributed by atoms with Gasteiger partial charge in [0.25, 0.3) is 30.1 Å². The van der Waals surface area contributed by atoms with E-state index in [1.54, 1.807) is 158 Å². The van der Waals surface area contributed by atoms with Crippen LogP contribution < -0.4 is 33.8 Å². The molecule has 14 rings (SSSR count). The molecule has 1 aliphatic heterocycles. The van der Waals surface area contributed by atoms with E-state index >= 15 is 0 Å². The predicted molar refractivity (Wildman–Crippen MR) is 484 cm³/mol. The van der Waals surface area contributed by atoms with Crippen LogP contribution in [-0.4, -0.2) is 157 Å². The minimum atomic E-state index is -3.91. The van der Waals surface area contributed by atoms with E-state index in [0.29, 0.717) is 113 Å². The summed E-state index contributed by atoms with van der Waals surface area (Å²) < 4.78 is 137. The number of phenols is 4. The number of phenolic OH excluding ortho intramolecular Hbond substituents is 4. The number of halogens is 4. The highest BCUT2D eigenvalue weighted by Gasteiger charge is 2.30. The van der Waals surface area contributed by atoms with Crippen molar-refractivity contribution in [2.24, 2.45) is 0 Å². The first-order valence-corrected chi connectivity index (χ1v) is 47.5. The van der Waals surface area contributed by atoms with Gasteiger partial charge in [-0.3, -0.25) is 33.3 Å². The van der Waals surface area contributed by atoms with Crippen molar-refractivity contribution < 1.29 is 92.9 Å². The van der Waals surface area contributed by atoms with Crippen molar-refractivity contribution >= 4 is 207 Å². The summed E-state index contributed by atoms with van der Waals surface area (Å²) >= 11 is 12.3. The van der Waals surface area contributed by atoms with Gasteiger partial charge in [0.15, 0.2) is 17.4 Å². The standard InChI is InChI=1S/C25H28FN7O4S2.C20H18BrNO5S.C19H17BrN2O5S.C19H16BrNO5S2/c1-16(2)37-22-13-17(7-8-20(22)26)32-9-11-33(12-10-32)39(35,36)29-21-14-23(38-15-24-27-30-31-28-24)25(34)19-6-4-3-5-18(19)21;21-14-8-10-15(11-9-14)28(26,27)22-18-12-13(4-3-7-19(23)24)20(25)17-6-2-1-5-16(17)18;20-12-5-7-13(8-6-12)28(26,27)22-16-11-17(21-10-9-18(23)24)19(25)15-4-2-1-3-14(15)16;20-12-5-7-13(8-6-12)28(25,26)21-16-11-17(27-10-9-18(22)23)19(24)15-4-2-1-3-14(15)16/h3-8,13-14,16,29,34H,9-12,15H2,1-2H3,(H,27,28,30,31);1-2,5-6,8-12,22,25H,3-4,7H2,(H,23,24);1-8,11,21-22,25H,9-10H2,(H,23,24);1-8,11,21,24H,9-10H2,(H,22,23). The van der Waals surface area contributed by atoms with E-state index in [-0.39, 0.29) is 106 Å². The summed E-state index contributed by atoms with van der Waals surface area (Å²) in [6, 6.07) is 57.2. The Labute approximate surface area is 740 Å². The van der Waals surface area contributed by atoms with Crippen LogP contribution in [0.1, 0.15) is 50.9 Å². The highest BCUT2D eigenvalue weighted by atomic mass is 79.9. The number of hydrogen-bond acceptors (Lipinski definition) is 23. The number of H-pyrrole nitrogens is 1. The van der Waals surface area contributed by atoms with Gasteiger partial charge in [0.2, 0.25) is 0 Å². The molecule has 0 atom stereocenters. The number of ether oxygens (including phenoxy) is 1. The van der Waals surface area contributed by atoms with Gasteiger partial charge in [0.05, 0.1) is 77.6 Å². The number of aromatic amines is 1. The van der Waals surface area contributed by atoms with Gasteiger partial charge < -0.3 is 50.7 Å². The summed E-state index contributed by atoms with van der Waals surface area (Å²) in [5.74, 6) is -2.06. The summed E-state index contributed by atoms with van der Waals surface area (Å²) in [5, 5.41) is 89.6. The molecule has 2 heterocycles. The van der Waals surface area contributed by atoms with Crippen molar-refractivity contribution in [1.82, 2.24) is 24.9 Å². The average Bonchev–Trinajstić information content (AvgIpc) is 0.983. The number of piperazine rings is 1. The SMILES string of the molecule is CC(C)Oc1cc(N2CCN(S(=O)(=O)Nc3cc(SCc4nn[nH]n4)c(O)c4ccccc34)CC2)ccc1F.O=C(O)CCCc1cc(NS(=O)(=O)c2ccc(Br)cc2)c2ccccc2c1O.O=C(O)CCNc1cc(NS(=O)(=O)c2ccc(Br)cc2)c2ccccc2c1O.O=C(O)CCSc1cc(NS(=O)(=O)c2ccc(Br)cc2)c2ccccc2c1O. The third kappa shape index (κ3) is 24.4. The first-order chi connectivity index (χ1) is 58.5. The second kappa shape index (κ2) is 41.3. The van der Waals surface area contributed by atoms with Gasteiger partial charge >= 0.3 is 28.1 Å². The zero-order valence-electron chi connectivity index (χ0n) is 65.0. The van der Waals surface area contributed by atoms with E-state index in [2.05, 4.69) is 92.6 Å². The van der Waals surface area contributed by atoms with Gasteiger partial charge in [0.1, 0.15) is 23.0 Å². The van der Waals surface area contributed by atoms with Crippen molar-refractivity contribution in [1.29, 1.82) is 0 Å². The largest absolute Gasteiger partial charge is 0.507 e. The van der Waals surface area contributed by atoms with Gasteiger partial charge in [0, 0.05) is 113 Å². The zero-order valence-corrected chi connectivity index (χ0v) is 74.7. The Bertz CT molecular complexity index is 6080. The van der Waals surface area contributed by atoms with Crippen LogP contribution in [0.25, 0.3) is 43.1 Å². The Kier molecular flexibility index (Phi) is 31.1. The quantitative estimate of drug-likeness (QED) is 0.0113. The summed E-state index contributed by atoms with van der Waals surface area (Å²) in [5.41, 5.74) is 2.78. The van der Waals surface area contributed by atoms with Gasteiger partial charge in [-0.15, -0.1) is 33.7 Å². The number of sulfonamides is 3. The molecule has 40 heteroatoms. The topological polar surface area (TPSA) is 460 Å². The number of nitrogens with one attached hydrogen (secondary N) is 6. The van der Waals surface area contributed by atoms with Crippen LogP contribution >= 0.6 is 71.3 Å². The third-order valence-corrected chi connectivity index (χ3v) is 27.8. The van der Waals surface area contributed by atoms with Crippen LogP contribution in [0.2, 0.25) is 0 Å². The molecular formula is C83H79Br3FN11O19S6. The fourth-order valence-electron chi connectivity index (χ4n) is 12.6. The van der Waals surface area contributed by atoms with Crippen LogP contribution in [0.4, 0.5) is 38.5 Å². The average molecular weight is 1990 g/mol. The second-order valence-electron chi connectivity index (χ2n) is 27.4. The van der Waals surface area contributed by atoms with Crippen molar-refractivity contribution in [3.63, 3.8) is 0 Å². The van der Waals surface area contributed by atoms with E-state index < -0.39 is 64.0 Å². The Hall–Kier alpha value is -11.2. The van der Waals surface area contributed by atoms with Crippen molar-refractivity contribution in [3.05, 3.63) is 243 Å². The van der Waals surface area contributed by atoms with Crippen molar-refractivity contribution in [3.8, 4) is 28.7 Å². The van der Waals surface area contributed by atoms with Crippen LogP contribution in [0.5, 0.6) is 28.7 Å². The summed E-state index contributed by atoms with van der Waals surface area (Å²) in [4.78, 5) is 35.4. The Morgan fingerprint density at radius 1 is 0.488 bits per heavy atom. The highest BCUT2D eigenvalue weighted by molar-refractivity contribution is 9.11. The number of carbonyl (C=O) groups is 3. The number of carboxylic acid groups (broad SMARTS) is 3. The minimum Gasteiger partial charge on any atom is -0.507 e. The lowest BCUT2D eigenvalue weighted by Crippen LogP contribution is -2.50. The molecule has 13 N–H and O–H groups in total. The molecule has 1 fully saturated rings. The molecule has 0 unspecified atom stereocenters. The Balaban J connectivity index is 0.000000162. The van der Waals surface area contributed by atoms with Crippen molar-refractivity contribution in [2.75, 3.05) is 67.6 Å². The molecule has 644 valence electrons. The molecule has 13 aromatic rings. The van der Waals surface area contributed by atoms with Crippen LogP contribution in [-0.2, 0) is 66.8 Å². The molecule has 0 spiro atoms. The van der Waals surface area contributed by atoms with E-state index in [0.717, 1.165) is 30.9 Å².